The van der Waals surface area contributed by atoms with Crippen LogP contribution in [-0.4, -0.2) is 35.0 Å². The van der Waals surface area contributed by atoms with Crippen molar-refractivity contribution in [3.63, 3.8) is 0 Å². The van der Waals surface area contributed by atoms with Crippen LogP contribution in [-0.2, 0) is 35.2 Å². The molecule has 1 aliphatic rings. The number of hydrogen-bond donors (Lipinski definition) is 0. The van der Waals surface area contributed by atoms with Gasteiger partial charge in [0, 0.05) is 23.9 Å². The van der Waals surface area contributed by atoms with Gasteiger partial charge in [0.15, 0.2) is 6.10 Å². The quantitative estimate of drug-likeness (QED) is 0.354. The van der Waals surface area contributed by atoms with E-state index in [1.807, 2.05) is 0 Å². The van der Waals surface area contributed by atoms with Crippen molar-refractivity contribution in [3.05, 3.63) is 58.5 Å². The molecule has 1 aromatic heterocycles. The summed E-state index contributed by atoms with van der Waals surface area (Å²) in [6.45, 7) is 8.36. The number of fused-ring (bicyclic) bond motifs is 1. The van der Waals surface area contributed by atoms with Gasteiger partial charge >= 0.3 is 17.9 Å². The lowest BCUT2D eigenvalue weighted by atomic mass is 10.1. The summed E-state index contributed by atoms with van der Waals surface area (Å²) in [5, 5.41) is 0. The van der Waals surface area contributed by atoms with Crippen LogP contribution < -0.4 is 0 Å². The van der Waals surface area contributed by atoms with E-state index >= 15 is 0 Å². The van der Waals surface area contributed by atoms with Gasteiger partial charge in [-0.1, -0.05) is 17.2 Å². The number of hydrogen-bond acceptors (Lipinski definition) is 7. The summed E-state index contributed by atoms with van der Waals surface area (Å²) in [5.41, 5.74) is 2.81. The Bertz CT molecular complexity index is 970. The van der Waals surface area contributed by atoms with Crippen molar-refractivity contribution in [1.82, 2.24) is 4.57 Å². The molecule has 8 nitrogen and oxygen atoms in total. The zero-order valence-electron chi connectivity index (χ0n) is 18.4. The molecule has 0 fully saturated rings. The van der Waals surface area contributed by atoms with Crippen LogP contribution in [0.5, 0.6) is 0 Å². The molecule has 2 rings (SSSR count). The van der Waals surface area contributed by atoms with Gasteiger partial charge in [0.2, 0.25) is 5.91 Å². The van der Waals surface area contributed by atoms with E-state index in [0.29, 0.717) is 11.3 Å². The van der Waals surface area contributed by atoms with Crippen LogP contribution >= 0.6 is 0 Å². The van der Waals surface area contributed by atoms with E-state index in [-0.39, 0.29) is 31.1 Å². The van der Waals surface area contributed by atoms with Crippen LogP contribution in [0.15, 0.2) is 47.2 Å². The summed E-state index contributed by atoms with van der Waals surface area (Å²) in [5.74, 6) is -1.93. The van der Waals surface area contributed by atoms with E-state index in [9.17, 15) is 19.2 Å². The summed E-state index contributed by atoms with van der Waals surface area (Å²) in [7, 11) is 0. The highest BCUT2D eigenvalue weighted by Gasteiger charge is 2.34. The van der Waals surface area contributed by atoms with Gasteiger partial charge in [0.1, 0.15) is 13.2 Å². The van der Waals surface area contributed by atoms with Gasteiger partial charge in [-0.25, -0.2) is 14.4 Å². The van der Waals surface area contributed by atoms with Crippen molar-refractivity contribution in [2.75, 3.05) is 6.61 Å². The molecular weight excluding hydrogens is 402 g/mol. The number of esters is 3. The molecule has 0 aromatic carbocycles. The highest BCUT2D eigenvalue weighted by atomic mass is 16.6. The average Bonchev–Trinajstić information content (AvgIpc) is 3.21. The molecule has 0 N–H and O–H groups in total. The predicted octanol–water partition coefficient (Wildman–Crippen LogP) is 3.58. The number of carbonyl (C=O) groups excluding carboxylic acids is 4. The van der Waals surface area contributed by atoms with E-state index in [1.165, 1.54) is 22.8 Å². The molecule has 8 heteroatoms. The molecule has 0 bridgehead atoms. The summed E-state index contributed by atoms with van der Waals surface area (Å²) in [4.78, 5) is 48.2. The van der Waals surface area contributed by atoms with E-state index in [4.69, 9.17) is 14.2 Å². The van der Waals surface area contributed by atoms with Crippen molar-refractivity contribution in [1.29, 1.82) is 0 Å². The Balaban J connectivity index is 2.04. The molecule has 31 heavy (non-hydrogen) atoms. The fraction of sp³-hybridized carbons (Fsp3) is 0.391. The van der Waals surface area contributed by atoms with Crippen LogP contribution in [0, 0.1) is 0 Å². The topological polar surface area (TPSA) is 101 Å². The summed E-state index contributed by atoms with van der Waals surface area (Å²) in [6, 6.07) is 1.64. The summed E-state index contributed by atoms with van der Waals surface area (Å²) >= 11 is 0. The normalized spacial score (nSPS) is 15.1. The van der Waals surface area contributed by atoms with Gasteiger partial charge in [0.25, 0.3) is 0 Å². The third kappa shape index (κ3) is 6.53. The number of allylic oxidation sites excluding steroid dienone is 3. The Morgan fingerprint density at radius 3 is 2.32 bits per heavy atom. The highest BCUT2D eigenvalue weighted by molar-refractivity contribution is 5.90. The minimum Gasteiger partial charge on any atom is -0.457 e. The van der Waals surface area contributed by atoms with Gasteiger partial charge < -0.3 is 14.2 Å². The van der Waals surface area contributed by atoms with Crippen molar-refractivity contribution in [2.45, 2.75) is 53.8 Å². The molecule has 0 saturated carbocycles. The highest BCUT2D eigenvalue weighted by Crippen LogP contribution is 2.33. The zero-order chi connectivity index (χ0) is 23.1. The summed E-state index contributed by atoms with van der Waals surface area (Å²) < 4.78 is 17.2. The van der Waals surface area contributed by atoms with Gasteiger partial charge in [0.05, 0.1) is 17.7 Å². The Labute approximate surface area is 181 Å². The first-order valence-electron chi connectivity index (χ1n) is 9.85. The second-order valence-corrected chi connectivity index (χ2v) is 7.56. The fourth-order valence-electron chi connectivity index (χ4n) is 2.97. The lowest BCUT2D eigenvalue weighted by molar-refractivity contribution is -0.145. The second kappa shape index (κ2) is 10.6. The van der Waals surface area contributed by atoms with Crippen molar-refractivity contribution in [3.8, 4) is 0 Å². The number of nitrogens with zero attached hydrogens (tertiary/aromatic N) is 1. The molecule has 1 aliphatic heterocycles. The maximum absolute atomic E-state index is 12.4. The Hall–Kier alpha value is -3.42. The summed E-state index contributed by atoms with van der Waals surface area (Å²) in [6.07, 6.45) is 5.04. The van der Waals surface area contributed by atoms with Crippen LogP contribution in [0.3, 0.4) is 0 Å². The van der Waals surface area contributed by atoms with Gasteiger partial charge in [-0.3, -0.25) is 9.36 Å². The van der Waals surface area contributed by atoms with E-state index in [0.717, 1.165) is 11.1 Å². The van der Waals surface area contributed by atoms with Crippen molar-refractivity contribution >= 4 is 23.8 Å². The SMILES string of the molecule is CC=C(COC(=O)C=C(C)C)C(=O)OCc1ccn2c1C(OC(=O)C=C(C)C)CC2=O. The van der Waals surface area contributed by atoms with E-state index < -0.39 is 24.0 Å². The van der Waals surface area contributed by atoms with Crippen molar-refractivity contribution < 1.29 is 33.4 Å². The number of ether oxygens (including phenoxy) is 3. The molecule has 1 unspecified atom stereocenters. The Morgan fingerprint density at radius 1 is 1.06 bits per heavy atom. The lowest BCUT2D eigenvalue weighted by Gasteiger charge is -2.13. The Kier molecular flexibility index (Phi) is 8.13. The second-order valence-electron chi connectivity index (χ2n) is 7.56. The largest absolute Gasteiger partial charge is 0.457 e. The number of carbonyl (C=O) groups is 4. The Morgan fingerprint density at radius 2 is 1.71 bits per heavy atom. The minimum absolute atomic E-state index is 0.0277. The van der Waals surface area contributed by atoms with E-state index in [1.54, 1.807) is 46.9 Å². The van der Waals surface area contributed by atoms with Crippen LogP contribution in [0.2, 0.25) is 0 Å². The standard InChI is InChI=1S/C23H27NO7/c1-6-16(12-29-20(26)9-14(2)3)23(28)30-13-17-7-8-24-19(25)11-18(22(17)24)31-21(27)10-15(4)5/h6-10,18H,11-13H2,1-5H3. The molecule has 0 amide bonds. The van der Waals surface area contributed by atoms with Crippen LogP contribution in [0.4, 0.5) is 0 Å². The van der Waals surface area contributed by atoms with Crippen molar-refractivity contribution in [2.24, 2.45) is 0 Å². The first kappa shape index (κ1) is 23.9. The predicted molar refractivity (Wildman–Crippen MR) is 112 cm³/mol. The number of aromatic nitrogens is 1. The molecule has 0 radical (unpaired) electrons. The lowest BCUT2D eigenvalue weighted by Crippen LogP contribution is -2.15. The number of rotatable bonds is 8. The molecule has 0 aliphatic carbocycles. The average molecular weight is 429 g/mol. The third-order valence-corrected chi connectivity index (χ3v) is 4.36. The monoisotopic (exact) mass is 429 g/mol. The molecule has 1 atom stereocenters. The molecule has 0 spiro atoms. The molecule has 1 aromatic rings. The molecule has 0 saturated heterocycles. The van der Waals surface area contributed by atoms with Crippen LogP contribution in [0.1, 0.15) is 63.2 Å². The molecule has 2 heterocycles. The van der Waals surface area contributed by atoms with Gasteiger partial charge in [-0.05, 0) is 40.7 Å². The van der Waals surface area contributed by atoms with E-state index in [2.05, 4.69) is 0 Å². The third-order valence-electron chi connectivity index (χ3n) is 4.36. The minimum atomic E-state index is -0.745. The molecular formula is C23H27NO7. The molecule has 166 valence electrons. The first-order valence-corrected chi connectivity index (χ1v) is 9.85. The van der Waals surface area contributed by atoms with Gasteiger partial charge in [-0.2, -0.15) is 0 Å². The fourth-order valence-corrected chi connectivity index (χ4v) is 2.97. The zero-order valence-corrected chi connectivity index (χ0v) is 18.4. The van der Waals surface area contributed by atoms with Gasteiger partial charge in [-0.15, -0.1) is 0 Å². The maximum atomic E-state index is 12.4. The smallest absolute Gasteiger partial charge is 0.337 e. The maximum Gasteiger partial charge on any atom is 0.337 e. The van der Waals surface area contributed by atoms with Crippen LogP contribution in [0.25, 0.3) is 0 Å². The first-order chi connectivity index (χ1) is 14.6.